The van der Waals surface area contributed by atoms with Crippen LogP contribution in [0.3, 0.4) is 0 Å². The fraction of sp³-hybridized carbons (Fsp3) is 0.667. The molecule has 0 fully saturated rings. The normalized spacial score (nSPS) is 15.3. The smallest absolute Gasteiger partial charge is 0.328 e. The van der Waals surface area contributed by atoms with Crippen LogP contribution in [-0.4, -0.2) is 53.4 Å². The van der Waals surface area contributed by atoms with Crippen LogP contribution in [0.15, 0.2) is 0 Å². The molecule has 17 heavy (non-hydrogen) atoms. The van der Waals surface area contributed by atoms with Gasteiger partial charge >= 0.3 is 12.0 Å². The molecule has 0 heterocycles. The topological polar surface area (TPSA) is 128 Å². The summed E-state index contributed by atoms with van der Waals surface area (Å²) in [7, 11) is 1.41. The molecule has 8 nitrogen and oxygen atoms in total. The van der Waals surface area contributed by atoms with Gasteiger partial charge in [-0.2, -0.15) is 0 Å². The molecule has 8 heteroatoms. The van der Waals surface area contributed by atoms with E-state index in [1.54, 1.807) is 0 Å². The Labute approximate surface area is 98.4 Å². The van der Waals surface area contributed by atoms with Gasteiger partial charge in [-0.25, -0.2) is 9.59 Å². The number of carboxylic acids is 1. The number of hydrogen-bond acceptors (Lipinski definition) is 4. The monoisotopic (exact) mass is 247 g/mol. The highest BCUT2D eigenvalue weighted by Crippen LogP contribution is 1.93. The summed E-state index contributed by atoms with van der Waals surface area (Å²) in [5.41, 5.74) is 0. The number of carbonyl (C=O) groups is 3. The maximum Gasteiger partial charge on any atom is 0.328 e. The predicted octanol–water partition coefficient (Wildman–Crippen LogP) is -1.75. The number of aliphatic hydroxyl groups excluding tert-OH is 1. The van der Waals surface area contributed by atoms with Gasteiger partial charge in [0.1, 0.15) is 6.04 Å². The highest BCUT2D eigenvalue weighted by Gasteiger charge is 2.25. The summed E-state index contributed by atoms with van der Waals surface area (Å²) >= 11 is 0. The van der Waals surface area contributed by atoms with Gasteiger partial charge in [-0.3, -0.25) is 4.79 Å². The third-order valence-corrected chi connectivity index (χ3v) is 2.02. The van der Waals surface area contributed by atoms with Gasteiger partial charge < -0.3 is 26.2 Å². The van der Waals surface area contributed by atoms with Gasteiger partial charge in [-0.1, -0.05) is 0 Å². The standard InChI is InChI=1S/C9H17N3O5/c1-4(7(14)10-3)11-9(17)12-6(5(2)13)8(15)16/h4-6,13H,1-3H3,(H,10,14)(H,15,16)(H2,11,12,17). The number of aliphatic hydroxyl groups is 1. The quantitative estimate of drug-likeness (QED) is 0.394. The summed E-state index contributed by atoms with van der Waals surface area (Å²) < 4.78 is 0. The van der Waals surface area contributed by atoms with Crippen LogP contribution in [0.5, 0.6) is 0 Å². The molecule has 0 aromatic heterocycles. The Morgan fingerprint density at radius 3 is 2.00 bits per heavy atom. The summed E-state index contributed by atoms with van der Waals surface area (Å²) in [5.74, 6) is -1.77. The SMILES string of the molecule is CNC(=O)C(C)NC(=O)NC(C(=O)O)C(C)O. The van der Waals surface area contributed by atoms with E-state index < -0.39 is 36.1 Å². The summed E-state index contributed by atoms with van der Waals surface area (Å²) in [6, 6.07) is -3.07. The first-order valence-corrected chi connectivity index (χ1v) is 4.99. The maximum atomic E-state index is 11.3. The van der Waals surface area contributed by atoms with Gasteiger partial charge in [0.25, 0.3) is 0 Å². The van der Waals surface area contributed by atoms with Crippen molar-refractivity contribution in [3.05, 3.63) is 0 Å². The second kappa shape index (κ2) is 6.69. The van der Waals surface area contributed by atoms with E-state index in [0.29, 0.717) is 0 Å². The second-order valence-electron chi connectivity index (χ2n) is 3.51. The van der Waals surface area contributed by atoms with Crippen molar-refractivity contribution in [3.8, 4) is 0 Å². The summed E-state index contributed by atoms with van der Waals surface area (Å²) in [4.78, 5) is 33.1. The molecule has 3 amide bonds. The van der Waals surface area contributed by atoms with Crippen molar-refractivity contribution in [1.29, 1.82) is 0 Å². The van der Waals surface area contributed by atoms with E-state index >= 15 is 0 Å². The largest absolute Gasteiger partial charge is 0.480 e. The first kappa shape index (κ1) is 15.2. The molecule has 3 atom stereocenters. The fourth-order valence-electron chi connectivity index (χ4n) is 1.05. The van der Waals surface area contributed by atoms with Crippen LogP contribution in [-0.2, 0) is 9.59 Å². The van der Waals surface area contributed by atoms with Crippen molar-refractivity contribution >= 4 is 17.9 Å². The van der Waals surface area contributed by atoms with Crippen molar-refractivity contribution in [1.82, 2.24) is 16.0 Å². The van der Waals surface area contributed by atoms with Gasteiger partial charge in [-0.15, -0.1) is 0 Å². The Kier molecular flexibility index (Phi) is 5.97. The van der Waals surface area contributed by atoms with E-state index in [2.05, 4.69) is 10.6 Å². The van der Waals surface area contributed by atoms with Crippen LogP contribution in [0.4, 0.5) is 4.79 Å². The molecular formula is C9H17N3O5. The lowest BCUT2D eigenvalue weighted by molar-refractivity contribution is -0.141. The number of likely N-dealkylation sites (N-methyl/N-ethyl adjacent to an activating group) is 1. The lowest BCUT2D eigenvalue weighted by Gasteiger charge is -2.19. The number of aliphatic carboxylic acids is 1. The van der Waals surface area contributed by atoms with Crippen molar-refractivity contribution in [2.45, 2.75) is 32.0 Å². The number of urea groups is 1. The molecule has 0 aromatic carbocycles. The summed E-state index contributed by atoms with van der Waals surface area (Å²) in [6.07, 6.45) is -1.24. The van der Waals surface area contributed by atoms with Crippen molar-refractivity contribution < 1.29 is 24.6 Å². The zero-order valence-corrected chi connectivity index (χ0v) is 9.85. The minimum atomic E-state index is -1.42. The number of hydrogen-bond donors (Lipinski definition) is 5. The number of carbonyl (C=O) groups excluding carboxylic acids is 2. The van der Waals surface area contributed by atoms with Crippen molar-refractivity contribution in [2.24, 2.45) is 0 Å². The number of amides is 3. The molecule has 0 radical (unpaired) electrons. The molecule has 3 unspecified atom stereocenters. The Hall–Kier alpha value is -1.83. The second-order valence-corrected chi connectivity index (χ2v) is 3.51. The molecule has 0 rings (SSSR count). The fourth-order valence-corrected chi connectivity index (χ4v) is 1.05. The number of nitrogens with one attached hydrogen (secondary N) is 3. The average Bonchev–Trinajstić information content (AvgIpc) is 2.23. The lowest BCUT2D eigenvalue weighted by atomic mass is 10.2. The van der Waals surface area contributed by atoms with E-state index in [0.717, 1.165) is 0 Å². The number of rotatable bonds is 5. The van der Waals surface area contributed by atoms with E-state index in [4.69, 9.17) is 10.2 Å². The van der Waals surface area contributed by atoms with Crippen molar-refractivity contribution in [2.75, 3.05) is 7.05 Å². The Morgan fingerprint density at radius 2 is 1.65 bits per heavy atom. The van der Waals surface area contributed by atoms with E-state index in [1.165, 1.54) is 20.9 Å². The first-order valence-electron chi connectivity index (χ1n) is 4.99. The van der Waals surface area contributed by atoms with E-state index in [-0.39, 0.29) is 0 Å². The predicted molar refractivity (Wildman–Crippen MR) is 58.3 cm³/mol. The highest BCUT2D eigenvalue weighted by molar-refractivity contribution is 5.88. The highest BCUT2D eigenvalue weighted by atomic mass is 16.4. The Bertz CT molecular complexity index is 305. The zero-order chi connectivity index (χ0) is 13.6. The molecule has 0 saturated heterocycles. The zero-order valence-electron chi connectivity index (χ0n) is 9.85. The molecule has 0 aliphatic carbocycles. The van der Waals surface area contributed by atoms with Crippen LogP contribution in [0.1, 0.15) is 13.8 Å². The first-order chi connectivity index (χ1) is 7.79. The van der Waals surface area contributed by atoms with Crippen LogP contribution in [0, 0.1) is 0 Å². The maximum absolute atomic E-state index is 11.3. The van der Waals surface area contributed by atoms with E-state index in [9.17, 15) is 14.4 Å². The average molecular weight is 247 g/mol. The molecule has 0 aliphatic rings. The summed E-state index contributed by atoms with van der Waals surface area (Å²) in [5, 5.41) is 24.4. The molecule has 98 valence electrons. The third-order valence-electron chi connectivity index (χ3n) is 2.02. The van der Waals surface area contributed by atoms with Gasteiger partial charge in [0.05, 0.1) is 6.10 Å². The van der Waals surface area contributed by atoms with Crippen LogP contribution >= 0.6 is 0 Å². The van der Waals surface area contributed by atoms with Crippen LogP contribution < -0.4 is 16.0 Å². The van der Waals surface area contributed by atoms with Crippen LogP contribution in [0.2, 0.25) is 0 Å². The lowest BCUT2D eigenvalue weighted by Crippen LogP contribution is -2.54. The van der Waals surface area contributed by atoms with Crippen LogP contribution in [0.25, 0.3) is 0 Å². The molecular weight excluding hydrogens is 230 g/mol. The number of carboxylic acid groups (broad SMARTS) is 1. The molecule has 0 aromatic rings. The Balaban J connectivity index is 4.34. The molecule has 0 spiro atoms. The molecule has 5 N–H and O–H groups in total. The van der Waals surface area contributed by atoms with Gasteiger partial charge in [0.15, 0.2) is 6.04 Å². The molecule has 0 aliphatic heterocycles. The van der Waals surface area contributed by atoms with Gasteiger partial charge in [0, 0.05) is 7.05 Å². The Morgan fingerprint density at radius 1 is 1.12 bits per heavy atom. The molecule has 0 saturated carbocycles. The van der Waals surface area contributed by atoms with E-state index in [1.807, 2.05) is 5.32 Å². The molecule has 0 bridgehead atoms. The summed E-state index contributed by atoms with van der Waals surface area (Å²) in [6.45, 7) is 2.68. The minimum Gasteiger partial charge on any atom is -0.480 e. The van der Waals surface area contributed by atoms with Crippen molar-refractivity contribution in [3.63, 3.8) is 0 Å². The van der Waals surface area contributed by atoms with Gasteiger partial charge in [0.2, 0.25) is 5.91 Å². The van der Waals surface area contributed by atoms with Gasteiger partial charge in [-0.05, 0) is 13.8 Å². The third kappa shape index (κ3) is 5.16. The minimum absolute atomic E-state index is 0.413.